The predicted molar refractivity (Wildman–Crippen MR) is 63.8 cm³/mol. The van der Waals surface area contributed by atoms with Crippen LogP contribution in [0, 0.1) is 6.92 Å². The maximum Gasteiger partial charge on any atom is 0.0303 e. The minimum absolute atomic E-state index is 0.117. The van der Waals surface area contributed by atoms with Crippen LogP contribution in [0.2, 0.25) is 0 Å². The van der Waals surface area contributed by atoms with Crippen LogP contribution in [-0.2, 0) is 0 Å². The maximum absolute atomic E-state index is 5.96. The van der Waals surface area contributed by atoms with Gasteiger partial charge in [-0.25, -0.2) is 0 Å². The van der Waals surface area contributed by atoms with Crippen molar-refractivity contribution in [1.29, 1.82) is 0 Å². The van der Waals surface area contributed by atoms with Crippen LogP contribution in [0.15, 0.2) is 21.1 Å². The number of nitrogens with two attached hydrogens (primary N) is 1. The van der Waals surface area contributed by atoms with Crippen molar-refractivity contribution in [2.45, 2.75) is 26.3 Å². The molecule has 0 unspecified atom stereocenters. The summed E-state index contributed by atoms with van der Waals surface area (Å²) in [6, 6.07) is 4.30. The van der Waals surface area contributed by atoms with Crippen molar-refractivity contribution in [3.8, 4) is 0 Å². The maximum atomic E-state index is 5.96. The summed E-state index contributed by atoms with van der Waals surface area (Å²) in [6.07, 6.45) is 0.952. The van der Waals surface area contributed by atoms with Crippen LogP contribution in [0.4, 0.5) is 0 Å². The van der Waals surface area contributed by atoms with Crippen LogP contribution < -0.4 is 5.73 Å². The number of benzene rings is 1. The Labute approximate surface area is 96.0 Å². The molecule has 0 amide bonds. The van der Waals surface area contributed by atoms with E-state index in [0.29, 0.717) is 0 Å². The lowest BCUT2D eigenvalue weighted by molar-refractivity contribution is 0.694. The molecular formula is C10H13Br2N. The van der Waals surface area contributed by atoms with Gasteiger partial charge in [0.2, 0.25) is 0 Å². The van der Waals surface area contributed by atoms with Crippen molar-refractivity contribution in [2.75, 3.05) is 0 Å². The third kappa shape index (κ3) is 2.55. The normalized spacial score (nSPS) is 13.0. The molecule has 1 aromatic rings. The lowest BCUT2D eigenvalue weighted by Crippen LogP contribution is -2.09. The number of hydrogen-bond donors (Lipinski definition) is 1. The molecule has 0 heterocycles. The number of rotatable bonds is 2. The van der Waals surface area contributed by atoms with Gasteiger partial charge in [0.25, 0.3) is 0 Å². The Bertz CT molecular complexity index is 310. The van der Waals surface area contributed by atoms with Crippen LogP contribution in [0.5, 0.6) is 0 Å². The molecule has 0 aliphatic heterocycles. The topological polar surface area (TPSA) is 26.0 Å². The molecule has 0 saturated carbocycles. The van der Waals surface area contributed by atoms with Gasteiger partial charge in [-0.3, -0.25) is 0 Å². The first kappa shape index (κ1) is 11.2. The molecule has 1 atom stereocenters. The van der Waals surface area contributed by atoms with E-state index in [9.17, 15) is 0 Å². The second-order valence-corrected chi connectivity index (χ2v) is 4.85. The van der Waals surface area contributed by atoms with Crippen molar-refractivity contribution < 1.29 is 0 Å². The van der Waals surface area contributed by atoms with E-state index in [1.807, 2.05) is 0 Å². The van der Waals surface area contributed by atoms with E-state index in [0.717, 1.165) is 15.4 Å². The fourth-order valence-electron chi connectivity index (χ4n) is 1.17. The van der Waals surface area contributed by atoms with Gasteiger partial charge in [-0.15, -0.1) is 0 Å². The van der Waals surface area contributed by atoms with Gasteiger partial charge in [-0.2, -0.15) is 0 Å². The molecule has 2 N–H and O–H groups in total. The molecule has 3 heteroatoms. The Hall–Kier alpha value is 0.140. The zero-order valence-corrected chi connectivity index (χ0v) is 10.9. The summed E-state index contributed by atoms with van der Waals surface area (Å²) in [5, 5.41) is 0. The minimum Gasteiger partial charge on any atom is -0.324 e. The second kappa shape index (κ2) is 4.58. The van der Waals surface area contributed by atoms with E-state index in [1.54, 1.807) is 0 Å². The summed E-state index contributed by atoms with van der Waals surface area (Å²) in [7, 11) is 0. The highest BCUT2D eigenvalue weighted by Crippen LogP contribution is 2.29. The number of hydrogen-bond acceptors (Lipinski definition) is 1. The van der Waals surface area contributed by atoms with Gasteiger partial charge in [0.15, 0.2) is 0 Å². The quantitative estimate of drug-likeness (QED) is 0.880. The smallest absolute Gasteiger partial charge is 0.0303 e. The summed E-state index contributed by atoms with van der Waals surface area (Å²) >= 11 is 7.02. The first-order valence-corrected chi connectivity index (χ1v) is 5.86. The zero-order chi connectivity index (χ0) is 10.0. The van der Waals surface area contributed by atoms with E-state index < -0.39 is 0 Å². The molecule has 13 heavy (non-hydrogen) atoms. The third-order valence-electron chi connectivity index (χ3n) is 2.12. The standard InChI is InChI=1S/C10H13Br2N/c1-3-10(13)7-5-8(11)6(2)4-9(7)12/h4-5,10H,3,13H2,1-2H3/t10-/m0/s1. The van der Waals surface area contributed by atoms with Crippen LogP contribution in [0.1, 0.15) is 30.5 Å². The Morgan fingerprint density at radius 2 is 1.92 bits per heavy atom. The van der Waals surface area contributed by atoms with E-state index in [4.69, 9.17) is 5.73 Å². The van der Waals surface area contributed by atoms with Gasteiger partial charge in [0.05, 0.1) is 0 Å². The molecule has 1 nitrogen and oxygen atoms in total. The summed E-state index contributed by atoms with van der Waals surface area (Å²) in [6.45, 7) is 4.15. The Morgan fingerprint density at radius 1 is 1.31 bits per heavy atom. The zero-order valence-electron chi connectivity index (χ0n) is 7.77. The molecule has 1 aromatic carbocycles. The summed E-state index contributed by atoms with van der Waals surface area (Å²) in [5.41, 5.74) is 8.35. The highest BCUT2D eigenvalue weighted by Gasteiger charge is 2.09. The molecule has 0 aromatic heterocycles. The minimum atomic E-state index is 0.117. The molecule has 0 bridgehead atoms. The van der Waals surface area contributed by atoms with Crippen molar-refractivity contribution in [1.82, 2.24) is 0 Å². The van der Waals surface area contributed by atoms with Crippen molar-refractivity contribution in [3.05, 3.63) is 32.2 Å². The summed E-state index contributed by atoms with van der Waals surface area (Å²) < 4.78 is 2.22. The monoisotopic (exact) mass is 305 g/mol. The predicted octanol–water partition coefficient (Wildman–Crippen LogP) is 3.93. The Kier molecular flexibility index (Phi) is 3.95. The number of halogens is 2. The summed E-state index contributed by atoms with van der Waals surface area (Å²) in [4.78, 5) is 0. The molecule has 72 valence electrons. The number of aryl methyl sites for hydroxylation is 1. The lowest BCUT2D eigenvalue weighted by Gasteiger charge is -2.13. The first-order valence-electron chi connectivity index (χ1n) is 4.27. The molecule has 0 saturated heterocycles. The van der Waals surface area contributed by atoms with Gasteiger partial charge >= 0.3 is 0 Å². The van der Waals surface area contributed by atoms with E-state index >= 15 is 0 Å². The SMILES string of the molecule is CC[C@H](N)c1cc(Br)c(C)cc1Br. The van der Waals surface area contributed by atoms with Gasteiger partial charge in [-0.1, -0.05) is 38.8 Å². The van der Waals surface area contributed by atoms with Crippen molar-refractivity contribution in [3.63, 3.8) is 0 Å². The van der Waals surface area contributed by atoms with E-state index in [-0.39, 0.29) is 6.04 Å². The fraction of sp³-hybridized carbons (Fsp3) is 0.400. The average molecular weight is 307 g/mol. The molecule has 0 radical (unpaired) electrons. The van der Waals surface area contributed by atoms with E-state index in [2.05, 4.69) is 57.8 Å². The fourth-order valence-corrected chi connectivity index (χ4v) is 2.28. The highest BCUT2D eigenvalue weighted by atomic mass is 79.9. The molecule has 0 spiro atoms. The first-order chi connectivity index (χ1) is 6.06. The molecular weight excluding hydrogens is 294 g/mol. The van der Waals surface area contributed by atoms with Crippen LogP contribution in [-0.4, -0.2) is 0 Å². The Balaban J connectivity index is 3.15. The van der Waals surface area contributed by atoms with Crippen LogP contribution >= 0.6 is 31.9 Å². The van der Waals surface area contributed by atoms with Crippen LogP contribution in [0.25, 0.3) is 0 Å². The Morgan fingerprint density at radius 3 is 2.46 bits per heavy atom. The molecule has 0 aliphatic carbocycles. The van der Waals surface area contributed by atoms with Gasteiger partial charge in [-0.05, 0) is 36.6 Å². The second-order valence-electron chi connectivity index (χ2n) is 3.14. The molecule has 1 rings (SSSR count). The average Bonchev–Trinajstić information content (AvgIpc) is 2.10. The van der Waals surface area contributed by atoms with Crippen LogP contribution in [0.3, 0.4) is 0 Å². The largest absolute Gasteiger partial charge is 0.324 e. The molecule has 0 aliphatic rings. The highest BCUT2D eigenvalue weighted by molar-refractivity contribution is 9.11. The van der Waals surface area contributed by atoms with Crippen molar-refractivity contribution in [2.24, 2.45) is 5.73 Å². The van der Waals surface area contributed by atoms with E-state index in [1.165, 1.54) is 11.1 Å². The van der Waals surface area contributed by atoms with Gasteiger partial charge in [0.1, 0.15) is 0 Å². The van der Waals surface area contributed by atoms with Crippen molar-refractivity contribution >= 4 is 31.9 Å². The van der Waals surface area contributed by atoms with Gasteiger partial charge in [0, 0.05) is 15.0 Å². The summed E-state index contributed by atoms with van der Waals surface area (Å²) in [5.74, 6) is 0. The molecule has 0 fully saturated rings. The third-order valence-corrected chi connectivity index (χ3v) is 3.66. The van der Waals surface area contributed by atoms with Gasteiger partial charge < -0.3 is 5.73 Å². The lowest BCUT2D eigenvalue weighted by atomic mass is 10.0.